The Bertz CT molecular complexity index is 513. The maximum atomic E-state index is 10.5. The van der Waals surface area contributed by atoms with Gasteiger partial charge in [0.25, 0.3) is 0 Å². The molecular weight excluding hydrogens is 224 g/mol. The summed E-state index contributed by atoms with van der Waals surface area (Å²) >= 11 is 0. The van der Waals surface area contributed by atoms with Crippen molar-refractivity contribution in [3.63, 3.8) is 0 Å². The van der Waals surface area contributed by atoms with E-state index in [0.717, 1.165) is 17.6 Å². The molecule has 2 nitrogen and oxygen atoms in total. The average Bonchev–Trinajstić information content (AvgIpc) is 2.45. The second kappa shape index (κ2) is 6.40. The van der Waals surface area contributed by atoms with E-state index in [1.807, 2.05) is 42.5 Å². The lowest BCUT2D eigenvalue weighted by Crippen LogP contribution is -1.93. The van der Waals surface area contributed by atoms with Crippen LogP contribution in [0.5, 0.6) is 5.75 Å². The standard InChI is InChI=1S/C16H14O2/c17-13-15-8-10-16(11-9-15)18-12-4-7-14-5-2-1-3-6-14/h1-11,13H,12H2. The molecule has 0 bridgehead atoms. The highest BCUT2D eigenvalue weighted by Gasteiger charge is 1.92. The molecule has 0 aliphatic carbocycles. The Labute approximate surface area is 107 Å². The third kappa shape index (κ3) is 3.59. The summed E-state index contributed by atoms with van der Waals surface area (Å²) < 4.78 is 5.52. The number of hydrogen-bond acceptors (Lipinski definition) is 2. The van der Waals surface area contributed by atoms with Gasteiger partial charge in [-0.25, -0.2) is 0 Å². The minimum atomic E-state index is 0.509. The molecule has 18 heavy (non-hydrogen) atoms. The summed E-state index contributed by atoms with van der Waals surface area (Å²) in [6.07, 6.45) is 4.79. The van der Waals surface area contributed by atoms with Crippen molar-refractivity contribution >= 4 is 12.4 Å². The number of carbonyl (C=O) groups excluding carboxylic acids is 1. The summed E-state index contributed by atoms with van der Waals surface area (Å²) in [6, 6.07) is 17.1. The van der Waals surface area contributed by atoms with Crippen LogP contribution in [0.15, 0.2) is 60.7 Å². The van der Waals surface area contributed by atoms with Gasteiger partial charge >= 0.3 is 0 Å². The van der Waals surface area contributed by atoms with E-state index in [4.69, 9.17) is 4.74 Å². The van der Waals surface area contributed by atoms with Gasteiger partial charge in [-0.2, -0.15) is 0 Å². The van der Waals surface area contributed by atoms with Crippen molar-refractivity contribution in [3.8, 4) is 5.75 Å². The first-order valence-corrected chi connectivity index (χ1v) is 5.78. The first-order chi connectivity index (χ1) is 8.88. The van der Waals surface area contributed by atoms with Gasteiger partial charge in [0.05, 0.1) is 0 Å². The maximum absolute atomic E-state index is 10.5. The third-order valence-electron chi connectivity index (χ3n) is 2.47. The van der Waals surface area contributed by atoms with Crippen molar-refractivity contribution in [1.82, 2.24) is 0 Å². The predicted molar refractivity (Wildman–Crippen MR) is 72.8 cm³/mol. The lowest BCUT2D eigenvalue weighted by Gasteiger charge is -2.02. The fourth-order valence-corrected chi connectivity index (χ4v) is 1.54. The van der Waals surface area contributed by atoms with Crippen molar-refractivity contribution < 1.29 is 9.53 Å². The van der Waals surface area contributed by atoms with E-state index < -0.39 is 0 Å². The van der Waals surface area contributed by atoms with Crippen LogP contribution in [0.2, 0.25) is 0 Å². The van der Waals surface area contributed by atoms with Crippen LogP contribution < -0.4 is 4.74 Å². The van der Waals surface area contributed by atoms with Gasteiger partial charge in [0, 0.05) is 5.56 Å². The predicted octanol–water partition coefficient (Wildman–Crippen LogP) is 3.59. The van der Waals surface area contributed by atoms with E-state index in [0.29, 0.717) is 12.2 Å². The molecule has 0 unspecified atom stereocenters. The van der Waals surface area contributed by atoms with E-state index in [9.17, 15) is 4.79 Å². The van der Waals surface area contributed by atoms with E-state index in [2.05, 4.69) is 0 Å². The molecule has 2 rings (SSSR count). The van der Waals surface area contributed by atoms with Crippen LogP contribution >= 0.6 is 0 Å². The number of rotatable bonds is 5. The Hall–Kier alpha value is -2.35. The Kier molecular flexibility index (Phi) is 4.31. The zero-order chi connectivity index (χ0) is 12.6. The second-order valence-corrected chi connectivity index (χ2v) is 3.81. The van der Waals surface area contributed by atoms with E-state index in [1.54, 1.807) is 24.3 Å². The molecular formula is C16H14O2. The number of hydrogen-bond donors (Lipinski definition) is 0. The second-order valence-electron chi connectivity index (χ2n) is 3.81. The monoisotopic (exact) mass is 238 g/mol. The summed E-state index contributed by atoms with van der Waals surface area (Å²) in [5.41, 5.74) is 1.81. The van der Waals surface area contributed by atoms with Crippen LogP contribution in [0.25, 0.3) is 6.08 Å². The van der Waals surface area contributed by atoms with Crippen molar-refractivity contribution in [2.75, 3.05) is 6.61 Å². The van der Waals surface area contributed by atoms with Gasteiger partial charge in [0.1, 0.15) is 18.6 Å². The first-order valence-electron chi connectivity index (χ1n) is 5.78. The molecule has 2 aromatic rings. The Morgan fingerprint density at radius 2 is 1.61 bits per heavy atom. The number of aldehydes is 1. The van der Waals surface area contributed by atoms with Gasteiger partial charge < -0.3 is 4.74 Å². The number of ether oxygens (including phenoxy) is 1. The molecule has 0 aromatic heterocycles. The maximum Gasteiger partial charge on any atom is 0.150 e. The summed E-state index contributed by atoms with van der Waals surface area (Å²) in [4.78, 5) is 10.5. The minimum absolute atomic E-state index is 0.509. The summed E-state index contributed by atoms with van der Waals surface area (Å²) in [7, 11) is 0. The largest absolute Gasteiger partial charge is 0.490 e. The van der Waals surface area contributed by atoms with Gasteiger partial charge in [-0.3, -0.25) is 4.79 Å². The normalized spacial score (nSPS) is 10.4. The molecule has 0 aliphatic rings. The molecule has 0 heterocycles. The molecule has 0 aliphatic heterocycles. The van der Waals surface area contributed by atoms with Gasteiger partial charge in [-0.15, -0.1) is 0 Å². The summed E-state index contributed by atoms with van der Waals surface area (Å²) in [6.45, 7) is 0.509. The Balaban J connectivity index is 1.84. The molecule has 0 fully saturated rings. The van der Waals surface area contributed by atoms with Crippen LogP contribution in [-0.2, 0) is 0 Å². The van der Waals surface area contributed by atoms with Crippen LogP contribution in [0.4, 0.5) is 0 Å². The Morgan fingerprint density at radius 1 is 0.889 bits per heavy atom. The van der Waals surface area contributed by atoms with Gasteiger partial charge in [0.15, 0.2) is 0 Å². The minimum Gasteiger partial charge on any atom is -0.490 e. The van der Waals surface area contributed by atoms with Crippen LogP contribution in [0.1, 0.15) is 15.9 Å². The SMILES string of the molecule is O=Cc1ccc(OCC=Cc2ccccc2)cc1. The fraction of sp³-hybridized carbons (Fsp3) is 0.0625. The van der Waals surface area contributed by atoms with Gasteiger partial charge in [0.2, 0.25) is 0 Å². The number of carbonyl (C=O) groups is 1. The molecule has 2 heteroatoms. The van der Waals surface area contributed by atoms with Crippen LogP contribution in [0.3, 0.4) is 0 Å². The molecule has 90 valence electrons. The molecule has 0 amide bonds. The lowest BCUT2D eigenvalue weighted by atomic mass is 10.2. The van der Waals surface area contributed by atoms with E-state index in [-0.39, 0.29) is 0 Å². The molecule has 0 spiro atoms. The molecule has 0 saturated heterocycles. The average molecular weight is 238 g/mol. The van der Waals surface area contributed by atoms with E-state index >= 15 is 0 Å². The van der Waals surface area contributed by atoms with Crippen LogP contribution in [0, 0.1) is 0 Å². The molecule has 0 saturated carbocycles. The summed E-state index contributed by atoms with van der Waals surface area (Å²) in [5.74, 6) is 0.762. The first kappa shape index (κ1) is 12.1. The van der Waals surface area contributed by atoms with Crippen LogP contribution in [-0.4, -0.2) is 12.9 Å². The highest BCUT2D eigenvalue weighted by Crippen LogP contribution is 2.11. The molecule has 0 radical (unpaired) electrons. The van der Waals surface area contributed by atoms with Crippen molar-refractivity contribution in [2.24, 2.45) is 0 Å². The Morgan fingerprint density at radius 3 is 2.28 bits per heavy atom. The van der Waals surface area contributed by atoms with Crippen molar-refractivity contribution in [1.29, 1.82) is 0 Å². The molecule has 0 N–H and O–H groups in total. The fourth-order valence-electron chi connectivity index (χ4n) is 1.54. The topological polar surface area (TPSA) is 26.3 Å². The zero-order valence-electron chi connectivity index (χ0n) is 9.95. The zero-order valence-corrected chi connectivity index (χ0v) is 9.95. The van der Waals surface area contributed by atoms with Gasteiger partial charge in [-0.1, -0.05) is 36.4 Å². The van der Waals surface area contributed by atoms with E-state index in [1.165, 1.54) is 0 Å². The van der Waals surface area contributed by atoms with Crippen molar-refractivity contribution in [2.45, 2.75) is 0 Å². The van der Waals surface area contributed by atoms with Crippen molar-refractivity contribution in [3.05, 3.63) is 71.8 Å². The molecule has 2 aromatic carbocycles. The van der Waals surface area contributed by atoms with Gasteiger partial charge in [-0.05, 0) is 35.9 Å². The smallest absolute Gasteiger partial charge is 0.150 e. The quantitative estimate of drug-likeness (QED) is 0.744. The lowest BCUT2D eigenvalue weighted by molar-refractivity contribution is 0.112. The summed E-state index contributed by atoms with van der Waals surface area (Å²) in [5, 5.41) is 0. The highest BCUT2D eigenvalue weighted by molar-refractivity contribution is 5.74. The third-order valence-corrected chi connectivity index (χ3v) is 2.47. The highest BCUT2D eigenvalue weighted by atomic mass is 16.5. The number of benzene rings is 2. The molecule has 0 atom stereocenters.